The van der Waals surface area contributed by atoms with Crippen LogP contribution in [-0.2, 0) is 10.0 Å². The number of sulfonamides is 1. The fraction of sp³-hybridized carbons (Fsp3) is 0.300. The first-order valence-corrected chi connectivity index (χ1v) is 7.11. The molecule has 0 saturated heterocycles. The first-order valence-electron chi connectivity index (χ1n) is 5.25. The number of alkyl halides is 2. The van der Waals surface area contributed by atoms with E-state index < -0.39 is 29.4 Å². The molecule has 1 aliphatic heterocycles. The number of aliphatic imine (C=N–C) groups is 1. The van der Waals surface area contributed by atoms with Gasteiger partial charge in [0.05, 0.1) is 5.69 Å². The molecule has 0 bridgehead atoms. The molecule has 0 saturated carbocycles. The van der Waals surface area contributed by atoms with E-state index in [4.69, 9.17) is 11.6 Å². The van der Waals surface area contributed by atoms with E-state index in [9.17, 15) is 17.2 Å². The van der Waals surface area contributed by atoms with Crippen LogP contribution in [0.15, 0.2) is 28.1 Å². The minimum absolute atomic E-state index is 0.0454. The molecule has 9 heteroatoms. The van der Waals surface area contributed by atoms with Crippen LogP contribution >= 0.6 is 11.6 Å². The van der Waals surface area contributed by atoms with E-state index in [1.165, 1.54) is 18.2 Å². The van der Waals surface area contributed by atoms with Crippen molar-refractivity contribution in [3.63, 3.8) is 0 Å². The van der Waals surface area contributed by atoms with Crippen molar-refractivity contribution in [3.05, 3.63) is 23.2 Å². The Kier molecular flexibility index (Phi) is 3.91. The van der Waals surface area contributed by atoms with Crippen LogP contribution in [0.2, 0.25) is 5.02 Å². The highest BCUT2D eigenvalue weighted by atomic mass is 35.5. The Labute approximate surface area is 113 Å². The Morgan fingerprint density at radius 2 is 2.00 bits per heavy atom. The first kappa shape index (κ1) is 14.0. The normalized spacial score (nSPS) is 18.8. The average Bonchev–Trinajstić information content (AvgIpc) is 2.36. The van der Waals surface area contributed by atoms with E-state index in [1.54, 1.807) is 0 Å². The summed E-state index contributed by atoms with van der Waals surface area (Å²) >= 11 is 5.72. The van der Waals surface area contributed by atoms with Crippen LogP contribution in [0.4, 0.5) is 14.5 Å². The molecule has 1 aliphatic rings. The van der Waals surface area contributed by atoms with Gasteiger partial charge in [0.1, 0.15) is 24.3 Å². The summed E-state index contributed by atoms with van der Waals surface area (Å²) in [7, 11) is -3.85. The summed E-state index contributed by atoms with van der Waals surface area (Å²) in [6.45, 7) is -2.03. The molecule has 1 heterocycles. The van der Waals surface area contributed by atoms with Gasteiger partial charge in [-0.05, 0) is 18.2 Å². The number of guanidine groups is 1. The number of fused-ring (bicyclic) bond motifs is 1. The van der Waals surface area contributed by atoms with E-state index in [0.29, 0.717) is 0 Å². The summed E-state index contributed by atoms with van der Waals surface area (Å²) in [4.78, 5) is 3.58. The number of nitrogens with one attached hydrogen (secondary N) is 2. The molecule has 0 radical (unpaired) electrons. The van der Waals surface area contributed by atoms with Gasteiger partial charge in [-0.25, -0.2) is 26.9 Å². The third-order valence-corrected chi connectivity index (χ3v) is 4.00. The van der Waals surface area contributed by atoms with Crippen LogP contribution in [0.1, 0.15) is 0 Å². The molecule has 19 heavy (non-hydrogen) atoms. The van der Waals surface area contributed by atoms with Crippen LogP contribution in [0, 0.1) is 0 Å². The standard InChI is InChI=1S/C10H10ClF2N3O2S/c11-6-1-2-8-9(3-6)19(17,18)16-10(15-8)14-7(4-12)5-13/h1-3,7H,4-5H2,(H2,14,15,16). The summed E-state index contributed by atoms with van der Waals surface area (Å²) in [6, 6.07) is 2.98. The van der Waals surface area contributed by atoms with Gasteiger partial charge in [-0.2, -0.15) is 0 Å². The number of benzene rings is 1. The molecular formula is C10H10ClF2N3O2S. The molecule has 0 spiro atoms. The van der Waals surface area contributed by atoms with Gasteiger partial charge in [-0.3, -0.25) is 0 Å². The van der Waals surface area contributed by atoms with Gasteiger partial charge in [-0.15, -0.1) is 0 Å². The van der Waals surface area contributed by atoms with Crippen LogP contribution in [0.25, 0.3) is 0 Å². The molecule has 2 N–H and O–H groups in total. The van der Waals surface area contributed by atoms with Crippen LogP contribution in [0.5, 0.6) is 0 Å². The van der Waals surface area contributed by atoms with Crippen molar-refractivity contribution in [1.29, 1.82) is 0 Å². The highest BCUT2D eigenvalue weighted by molar-refractivity contribution is 7.90. The Bertz CT molecular complexity index is 617. The zero-order valence-corrected chi connectivity index (χ0v) is 11.1. The van der Waals surface area contributed by atoms with Gasteiger partial charge in [0, 0.05) is 5.02 Å². The Morgan fingerprint density at radius 3 is 2.63 bits per heavy atom. The summed E-state index contributed by atoms with van der Waals surface area (Å²) in [5.74, 6) is -0.213. The minimum atomic E-state index is -3.85. The van der Waals surface area contributed by atoms with Gasteiger partial charge < -0.3 is 5.32 Å². The number of halogens is 3. The van der Waals surface area contributed by atoms with Crippen molar-refractivity contribution in [2.24, 2.45) is 4.99 Å². The van der Waals surface area contributed by atoms with Crippen molar-refractivity contribution >= 4 is 33.3 Å². The number of anilines is 1. The van der Waals surface area contributed by atoms with Crippen LogP contribution < -0.4 is 10.0 Å². The van der Waals surface area contributed by atoms with Gasteiger partial charge in [0.15, 0.2) is 0 Å². The second-order valence-corrected chi connectivity index (χ2v) is 5.90. The van der Waals surface area contributed by atoms with Crippen molar-refractivity contribution in [3.8, 4) is 0 Å². The predicted molar refractivity (Wildman–Crippen MR) is 68.6 cm³/mol. The van der Waals surface area contributed by atoms with Gasteiger partial charge in [-0.1, -0.05) is 11.6 Å². The number of rotatable bonds is 3. The van der Waals surface area contributed by atoms with E-state index in [0.717, 1.165) is 0 Å². The third-order valence-electron chi connectivity index (χ3n) is 2.39. The second-order valence-electron chi connectivity index (χ2n) is 3.81. The van der Waals surface area contributed by atoms with E-state index >= 15 is 0 Å². The summed E-state index contributed by atoms with van der Waals surface area (Å²) in [5, 5.41) is 2.91. The second kappa shape index (κ2) is 5.30. The van der Waals surface area contributed by atoms with E-state index in [2.05, 4.69) is 15.0 Å². The van der Waals surface area contributed by atoms with Gasteiger partial charge >= 0.3 is 0 Å². The maximum Gasteiger partial charge on any atom is 0.266 e. The average molecular weight is 310 g/mol. The molecule has 5 nitrogen and oxygen atoms in total. The molecule has 1 aromatic rings. The fourth-order valence-corrected chi connectivity index (χ4v) is 2.90. The lowest BCUT2D eigenvalue weighted by Gasteiger charge is -2.22. The SMILES string of the molecule is O=S1(=O)NC(=NC(CF)CF)Nc2ccc(Cl)cc21. The summed E-state index contributed by atoms with van der Waals surface area (Å²) in [5.41, 5.74) is 0.248. The van der Waals surface area contributed by atoms with Crippen molar-refractivity contribution in [2.45, 2.75) is 10.9 Å². The zero-order valence-electron chi connectivity index (χ0n) is 9.53. The molecule has 0 aliphatic carbocycles. The predicted octanol–water partition coefficient (Wildman–Crippen LogP) is 1.71. The Balaban J connectivity index is 2.41. The maximum atomic E-state index is 12.4. The molecular weight excluding hydrogens is 300 g/mol. The topological polar surface area (TPSA) is 70.6 Å². The highest BCUT2D eigenvalue weighted by Gasteiger charge is 2.27. The van der Waals surface area contributed by atoms with Crippen molar-refractivity contribution < 1.29 is 17.2 Å². The number of nitrogens with zero attached hydrogens (tertiary/aromatic N) is 1. The number of hydrogen-bond acceptors (Lipinski definition) is 3. The molecule has 104 valence electrons. The maximum absolute atomic E-state index is 12.4. The van der Waals surface area contributed by atoms with Crippen molar-refractivity contribution in [2.75, 3.05) is 18.7 Å². The van der Waals surface area contributed by atoms with E-state index in [1.807, 2.05) is 0 Å². The van der Waals surface area contributed by atoms with Crippen molar-refractivity contribution in [1.82, 2.24) is 4.72 Å². The van der Waals surface area contributed by atoms with Gasteiger partial charge in [0.25, 0.3) is 10.0 Å². The lowest BCUT2D eigenvalue weighted by atomic mass is 10.3. The minimum Gasteiger partial charge on any atom is -0.324 e. The molecule has 0 fully saturated rings. The van der Waals surface area contributed by atoms with Gasteiger partial charge in [0.2, 0.25) is 5.96 Å². The first-order chi connectivity index (χ1) is 8.96. The lowest BCUT2D eigenvalue weighted by Crippen LogP contribution is -2.41. The lowest BCUT2D eigenvalue weighted by molar-refractivity contribution is 0.354. The van der Waals surface area contributed by atoms with Crippen LogP contribution in [-0.4, -0.2) is 33.8 Å². The fourth-order valence-electron chi connectivity index (χ4n) is 1.51. The third kappa shape index (κ3) is 2.95. The Hall–Kier alpha value is -1.41. The number of hydrogen-bond donors (Lipinski definition) is 2. The largest absolute Gasteiger partial charge is 0.324 e. The monoisotopic (exact) mass is 309 g/mol. The van der Waals surface area contributed by atoms with E-state index in [-0.39, 0.29) is 21.6 Å². The molecule has 0 atom stereocenters. The summed E-state index contributed by atoms with van der Waals surface area (Å²) < 4.78 is 50.7. The smallest absolute Gasteiger partial charge is 0.266 e. The zero-order chi connectivity index (χ0) is 14.0. The quantitative estimate of drug-likeness (QED) is 0.893. The highest BCUT2D eigenvalue weighted by Crippen LogP contribution is 2.27. The Morgan fingerprint density at radius 1 is 1.32 bits per heavy atom. The van der Waals surface area contributed by atoms with Crippen LogP contribution in [0.3, 0.4) is 0 Å². The molecule has 2 rings (SSSR count). The molecule has 0 aromatic heterocycles. The summed E-state index contributed by atoms with van der Waals surface area (Å²) in [6.07, 6.45) is 0. The molecule has 0 amide bonds. The molecule has 1 aromatic carbocycles. The molecule has 0 unspecified atom stereocenters.